The van der Waals surface area contributed by atoms with Crippen LogP contribution in [-0.4, -0.2) is 40.6 Å². The number of carbonyl (C=O) groups is 1. The lowest BCUT2D eigenvalue weighted by atomic mass is 9.99. The summed E-state index contributed by atoms with van der Waals surface area (Å²) in [6.07, 6.45) is 5.37. The van der Waals surface area contributed by atoms with Crippen molar-refractivity contribution in [1.82, 2.24) is 20.2 Å². The summed E-state index contributed by atoms with van der Waals surface area (Å²) in [6, 6.07) is 8.26. The Balaban J connectivity index is 1.60. The maximum Gasteiger partial charge on any atom is 0.317 e. The minimum absolute atomic E-state index is 0.0359. The molecule has 1 aromatic carbocycles. The fourth-order valence-electron chi connectivity index (χ4n) is 4.03. The second-order valence-electron chi connectivity index (χ2n) is 7.38. The van der Waals surface area contributed by atoms with E-state index in [1.165, 1.54) is 12.8 Å². The van der Waals surface area contributed by atoms with Gasteiger partial charge in [-0.05, 0) is 44.0 Å². The Morgan fingerprint density at radius 3 is 2.63 bits per heavy atom. The van der Waals surface area contributed by atoms with E-state index in [9.17, 15) is 4.79 Å². The third-order valence-electron chi connectivity index (χ3n) is 5.51. The third kappa shape index (κ3) is 3.75. The number of nitrogens with zero attached hydrogens (tertiary/aromatic N) is 3. The smallest absolute Gasteiger partial charge is 0.317 e. The van der Waals surface area contributed by atoms with Gasteiger partial charge in [-0.3, -0.25) is 0 Å². The summed E-state index contributed by atoms with van der Waals surface area (Å²) in [6.45, 7) is 3.17. The molecule has 27 heavy (non-hydrogen) atoms. The van der Waals surface area contributed by atoms with Crippen LogP contribution in [0.2, 0.25) is 0 Å². The summed E-state index contributed by atoms with van der Waals surface area (Å²) in [7, 11) is 1.66. The average molecular weight is 366 g/mol. The van der Waals surface area contributed by atoms with Crippen molar-refractivity contribution in [3.63, 3.8) is 0 Å². The van der Waals surface area contributed by atoms with Gasteiger partial charge in [-0.25, -0.2) is 14.8 Å². The number of hydrogen-bond donors (Lipinski definition) is 1. The molecule has 0 radical (unpaired) electrons. The zero-order valence-electron chi connectivity index (χ0n) is 16.0. The number of ether oxygens (including phenoxy) is 1. The number of urea groups is 1. The van der Waals surface area contributed by atoms with Gasteiger partial charge in [0.05, 0.1) is 25.0 Å². The highest BCUT2D eigenvalue weighted by Crippen LogP contribution is 2.29. The highest BCUT2D eigenvalue weighted by molar-refractivity contribution is 5.76. The van der Waals surface area contributed by atoms with E-state index in [4.69, 9.17) is 9.72 Å². The molecular formula is C21H26N4O2. The van der Waals surface area contributed by atoms with Crippen molar-refractivity contribution in [1.29, 1.82) is 0 Å². The first-order valence-electron chi connectivity index (χ1n) is 9.70. The van der Waals surface area contributed by atoms with Crippen LogP contribution in [0.4, 0.5) is 4.79 Å². The first-order valence-corrected chi connectivity index (χ1v) is 9.70. The van der Waals surface area contributed by atoms with Crippen LogP contribution in [0.3, 0.4) is 0 Å². The summed E-state index contributed by atoms with van der Waals surface area (Å²) in [5.74, 6) is 1.58. The van der Waals surface area contributed by atoms with Crippen LogP contribution in [-0.2, 0) is 13.0 Å². The molecule has 4 rings (SSSR count). The monoisotopic (exact) mass is 366 g/mol. The number of aromatic nitrogens is 2. The van der Waals surface area contributed by atoms with Crippen molar-refractivity contribution >= 4 is 6.03 Å². The van der Waals surface area contributed by atoms with Gasteiger partial charge in [-0.1, -0.05) is 12.8 Å². The molecule has 1 N–H and O–H groups in total. The Morgan fingerprint density at radius 2 is 1.93 bits per heavy atom. The van der Waals surface area contributed by atoms with Crippen molar-refractivity contribution < 1.29 is 9.53 Å². The predicted molar refractivity (Wildman–Crippen MR) is 104 cm³/mol. The molecule has 1 aromatic heterocycles. The van der Waals surface area contributed by atoms with Crippen LogP contribution in [0.25, 0.3) is 11.3 Å². The minimum Gasteiger partial charge on any atom is -0.497 e. The molecule has 2 amide bonds. The lowest BCUT2D eigenvalue weighted by Crippen LogP contribution is -2.46. The Morgan fingerprint density at radius 1 is 1.19 bits per heavy atom. The quantitative estimate of drug-likeness (QED) is 0.903. The summed E-state index contributed by atoms with van der Waals surface area (Å²) < 4.78 is 5.26. The van der Waals surface area contributed by atoms with Gasteiger partial charge in [0, 0.05) is 30.1 Å². The number of nitrogens with one attached hydrogen (secondary N) is 1. The van der Waals surface area contributed by atoms with E-state index in [-0.39, 0.29) is 6.03 Å². The van der Waals surface area contributed by atoms with E-state index in [2.05, 4.69) is 10.3 Å². The molecule has 0 atom stereocenters. The van der Waals surface area contributed by atoms with Gasteiger partial charge in [-0.2, -0.15) is 0 Å². The topological polar surface area (TPSA) is 67.4 Å². The molecule has 1 fully saturated rings. The highest BCUT2D eigenvalue weighted by atomic mass is 16.5. The van der Waals surface area contributed by atoms with Crippen molar-refractivity contribution in [3.8, 4) is 17.0 Å². The van der Waals surface area contributed by atoms with Crippen LogP contribution in [0.5, 0.6) is 5.75 Å². The Labute approximate surface area is 160 Å². The van der Waals surface area contributed by atoms with E-state index >= 15 is 0 Å². The van der Waals surface area contributed by atoms with Crippen molar-refractivity contribution in [2.45, 2.75) is 51.6 Å². The maximum absolute atomic E-state index is 12.7. The molecule has 2 aromatic rings. The zero-order chi connectivity index (χ0) is 18.8. The number of fused-ring (bicyclic) bond motifs is 1. The van der Waals surface area contributed by atoms with E-state index in [1.54, 1.807) is 7.11 Å². The molecular weight excluding hydrogens is 340 g/mol. The van der Waals surface area contributed by atoms with Crippen molar-refractivity contribution in [2.75, 3.05) is 13.7 Å². The van der Waals surface area contributed by atoms with E-state index in [0.29, 0.717) is 19.1 Å². The summed E-state index contributed by atoms with van der Waals surface area (Å²) in [5.41, 5.74) is 4.05. The lowest BCUT2D eigenvalue weighted by Gasteiger charge is -2.30. The summed E-state index contributed by atoms with van der Waals surface area (Å²) >= 11 is 0. The molecule has 6 nitrogen and oxygen atoms in total. The number of rotatable bonds is 3. The molecule has 2 aliphatic rings. The van der Waals surface area contributed by atoms with Crippen LogP contribution in [0.1, 0.15) is 42.8 Å². The Bertz CT molecular complexity index is 829. The number of methoxy groups -OCH3 is 1. The highest BCUT2D eigenvalue weighted by Gasteiger charge is 2.27. The fourth-order valence-corrected chi connectivity index (χ4v) is 4.03. The van der Waals surface area contributed by atoms with Gasteiger partial charge in [0.2, 0.25) is 0 Å². The maximum atomic E-state index is 12.7. The molecule has 0 spiro atoms. The normalized spacial score (nSPS) is 16.9. The molecule has 0 unspecified atom stereocenters. The number of hydrogen-bond acceptors (Lipinski definition) is 4. The molecule has 0 bridgehead atoms. The summed E-state index contributed by atoms with van der Waals surface area (Å²) in [4.78, 5) is 24.0. The standard InChI is InChI=1S/C21H26N4O2/c1-14-22-19-11-12-25(21(26)24-16-5-3-4-6-16)13-18(19)20(23-14)15-7-9-17(27-2)10-8-15/h7-10,16H,3-6,11-13H2,1-2H3,(H,24,26). The van der Waals surface area contributed by atoms with Crippen LogP contribution >= 0.6 is 0 Å². The SMILES string of the molecule is COc1ccc(-c2nc(C)nc3c2CN(C(=O)NC2CCCC2)CC3)cc1. The van der Waals surface area contributed by atoms with Gasteiger partial charge in [-0.15, -0.1) is 0 Å². The Hall–Kier alpha value is -2.63. The second kappa shape index (κ2) is 7.55. The molecule has 1 aliphatic heterocycles. The van der Waals surface area contributed by atoms with Crippen molar-refractivity contribution in [3.05, 3.63) is 41.3 Å². The minimum atomic E-state index is 0.0359. The second-order valence-corrected chi connectivity index (χ2v) is 7.38. The molecule has 1 aliphatic carbocycles. The van der Waals surface area contributed by atoms with Gasteiger partial charge >= 0.3 is 6.03 Å². The Kier molecular flexibility index (Phi) is 4.97. The summed E-state index contributed by atoms with van der Waals surface area (Å²) in [5, 5.41) is 3.19. The largest absolute Gasteiger partial charge is 0.497 e. The number of aryl methyl sites for hydroxylation is 1. The van der Waals surface area contributed by atoms with Crippen LogP contribution < -0.4 is 10.1 Å². The molecule has 6 heteroatoms. The number of amides is 2. The van der Waals surface area contributed by atoms with Gasteiger partial charge in [0.1, 0.15) is 11.6 Å². The first kappa shape index (κ1) is 17.8. The average Bonchev–Trinajstić information content (AvgIpc) is 3.20. The van der Waals surface area contributed by atoms with Crippen LogP contribution in [0, 0.1) is 6.92 Å². The van der Waals surface area contributed by atoms with Crippen LogP contribution in [0.15, 0.2) is 24.3 Å². The zero-order valence-corrected chi connectivity index (χ0v) is 16.0. The molecule has 2 heterocycles. The predicted octanol–water partition coefficient (Wildman–Crippen LogP) is 3.47. The number of benzene rings is 1. The van der Waals surface area contributed by atoms with E-state index < -0.39 is 0 Å². The van der Waals surface area contributed by atoms with E-state index in [1.807, 2.05) is 36.1 Å². The molecule has 0 saturated heterocycles. The number of carbonyl (C=O) groups excluding carboxylic acids is 1. The lowest BCUT2D eigenvalue weighted by molar-refractivity contribution is 0.188. The fraction of sp³-hybridized carbons (Fsp3) is 0.476. The molecule has 1 saturated carbocycles. The van der Waals surface area contributed by atoms with Gasteiger partial charge < -0.3 is 15.0 Å². The van der Waals surface area contributed by atoms with Crippen molar-refractivity contribution in [2.24, 2.45) is 0 Å². The van der Waals surface area contributed by atoms with E-state index in [0.717, 1.165) is 53.4 Å². The van der Waals surface area contributed by atoms with Gasteiger partial charge in [0.25, 0.3) is 0 Å². The van der Waals surface area contributed by atoms with Gasteiger partial charge in [0.15, 0.2) is 0 Å². The third-order valence-corrected chi connectivity index (χ3v) is 5.51. The molecule has 142 valence electrons. The first-order chi connectivity index (χ1) is 13.1.